The van der Waals surface area contributed by atoms with E-state index in [2.05, 4.69) is 15.5 Å². The van der Waals surface area contributed by atoms with E-state index in [1.54, 1.807) is 0 Å². The van der Waals surface area contributed by atoms with Crippen molar-refractivity contribution in [1.82, 2.24) is 10.2 Å². The first kappa shape index (κ1) is 18.0. The van der Waals surface area contributed by atoms with Crippen LogP contribution in [0.25, 0.3) is 0 Å². The van der Waals surface area contributed by atoms with Crippen molar-refractivity contribution >= 4 is 11.6 Å². The molecule has 2 aliphatic heterocycles. The van der Waals surface area contributed by atoms with Gasteiger partial charge in [0.05, 0.1) is 19.8 Å². The van der Waals surface area contributed by atoms with Crippen molar-refractivity contribution in [3.05, 3.63) is 18.2 Å². The average molecular weight is 347 g/mol. The molecular formula is C19H29N3O3. The summed E-state index contributed by atoms with van der Waals surface area (Å²) in [5.41, 5.74) is 0.762. The number of carbonyl (C=O) groups is 1. The van der Waals surface area contributed by atoms with Crippen LogP contribution in [0.2, 0.25) is 0 Å². The van der Waals surface area contributed by atoms with Gasteiger partial charge < -0.3 is 20.1 Å². The number of piperidine rings is 1. The SMILES string of the molecule is CNCCC1CCN(CC(=O)Nc2ccc3c(c2)OCCCO3)CC1. The third kappa shape index (κ3) is 5.34. The molecule has 0 atom stereocenters. The van der Waals surface area contributed by atoms with E-state index in [9.17, 15) is 4.79 Å². The number of hydrogen-bond acceptors (Lipinski definition) is 5. The number of fused-ring (bicyclic) bond motifs is 1. The molecule has 3 rings (SSSR count). The van der Waals surface area contributed by atoms with Gasteiger partial charge in [0.2, 0.25) is 5.91 Å². The average Bonchev–Trinajstić information content (AvgIpc) is 2.86. The van der Waals surface area contributed by atoms with E-state index in [-0.39, 0.29) is 5.91 Å². The largest absolute Gasteiger partial charge is 0.490 e. The normalized spacial score (nSPS) is 18.6. The van der Waals surface area contributed by atoms with Gasteiger partial charge >= 0.3 is 0 Å². The van der Waals surface area contributed by atoms with Crippen LogP contribution in [-0.4, -0.2) is 57.2 Å². The molecule has 0 radical (unpaired) electrons. The first-order chi connectivity index (χ1) is 12.2. The maximum absolute atomic E-state index is 12.3. The van der Waals surface area contributed by atoms with Crippen molar-refractivity contribution in [2.45, 2.75) is 25.7 Å². The van der Waals surface area contributed by atoms with E-state index < -0.39 is 0 Å². The first-order valence-corrected chi connectivity index (χ1v) is 9.31. The van der Waals surface area contributed by atoms with E-state index in [1.807, 2.05) is 25.2 Å². The van der Waals surface area contributed by atoms with E-state index in [0.29, 0.717) is 25.5 Å². The summed E-state index contributed by atoms with van der Waals surface area (Å²) in [7, 11) is 2.00. The molecule has 6 nitrogen and oxygen atoms in total. The number of carbonyl (C=O) groups excluding carboxylic acids is 1. The molecule has 0 aromatic heterocycles. The van der Waals surface area contributed by atoms with Crippen LogP contribution in [0.5, 0.6) is 11.5 Å². The minimum Gasteiger partial charge on any atom is -0.490 e. The zero-order valence-electron chi connectivity index (χ0n) is 15.1. The lowest BCUT2D eigenvalue weighted by molar-refractivity contribution is -0.117. The highest BCUT2D eigenvalue weighted by Gasteiger charge is 2.20. The van der Waals surface area contributed by atoms with Gasteiger partial charge in [-0.3, -0.25) is 9.69 Å². The number of amides is 1. The summed E-state index contributed by atoms with van der Waals surface area (Å²) in [6, 6.07) is 5.58. The Morgan fingerprint density at radius 3 is 2.72 bits per heavy atom. The number of anilines is 1. The Balaban J connectivity index is 1.46. The van der Waals surface area contributed by atoms with Crippen LogP contribution < -0.4 is 20.1 Å². The third-order valence-corrected chi connectivity index (χ3v) is 4.91. The van der Waals surface area contributed by atoms with Gasteiger partial charge in [-0.2, -0.15) is 0 Å². The van der Waals surface area contributed by atoms with Crippen molar-refractivity contribution in [2.24, 2.45) is 5.92 Å². The molecule has 0 bridgehead atoms. The van der Waals surface area contributed by atoms with E-state index in [0.717, 1.165) is 43.4 Å². The van der Waals surface area contributed by atoms with Crippen LogP contribution in [0.1, 0.15) is 25.7 Å². The molecule has 25 heavy (non-hydrogen) atoms. The van der Waals surface area contributed by atoms with Gasteiger partial charge in [0.1, 0.15) is 0 Å². The fraction of sp³-hybridized carbons (Fsp3) is 0.632. The number of ether oxygens (including phenoxy) is 2. The van der Waals surface area contributed by atoms with Gasteiger partial charge in [-0.1, -0.05) is 0 Å². The number of nitrogens with zero attached hydrogens (tertiary/aromatic N) is 1. The molecule has 1 aromatic rings. The second-order valence-corrected chi connectivity index (χ2v) is 6.87. The van der Waals surface area contributed by atoms with Crippen molar-refractivity contribution in [1.29, 1.82) is 0 Å². The Morgan fingerprint density at radius 1 is 1.20 bits per heavy atom. The Kier molecular flexibility index (Phi) is 6.53. The molecule has 0 spiro atoms. The molecule has 1 aromatic carbocycles. The van der Waals surface area contributed by atoms with Gasteiger partial charge in [-0.25, -0.2) is 0 Å². The summed E-state index contributed by atoms with van der Waals surface area (Å²) in [6.07, 6.45) is 4.46. The third-order valence-electron chi connectivity index (χ3n) is 4.91. The number of nitrogens with one attached hydrogen (secondary N) is 2. The molecule has 0 aliphatic carbocycles. The zero-order chi connectivity index (χ0) is 17.5. The Bertz CT molecular complexity index is 571. The summed E-state index contributed by atoms with van der Waals surface area (Å²) >= 11 is 0. The summed E-state index contributed by atoms with van der Waals surface area (Å²) in [6.45, 7) is 4.85. The molecule has 6 heteroatoms. The molecule has 2 N–H and O–H groups in total. The summed E-state index contributed by atoms with van der Waals surface area (Å²) < 4.78 is 11.3. The smallest absolute Gasteiger partial charge is 0.238 e. The number of benzene rings is 1. The number of likely N-dealkylation sites (tertiary alicyclic amines) is 1. The second kappa shape index (κ2) is 9.06. The molecule has 1 fully saturated rings. The lowest BCUT2D eigenvalue weighted by Crippen LogP contribution is -2.39. The Morgan fingerprint density at radius 2 is 1.96 bits per heavy atom. The molecule has 0 unspecified atom stereocenters. The molecule has 1 saturated heterocycles. The fourth-order valence-corrected chi connectivity index (χ4v) is 3.43. The van der Waals surface area contributed by atoms with Crippen LogP contribution in [0.4, 0.5) is 5.69 Å². The predicted octanol–water partition coefficient (Wildman–Crippen LogP) is 2.11. The van der Waals surface area contributed by atoms with Gasteiger partial charge in [0.25, 0.3) is 0 Å². The topological polar surface area (TPSA) is 62.8 Å². The van der Waals surface area contributed by atoms with Crippen molar-refractivity contribution in [3.8, 4) is 11.5 Å². The van der Waals surface area contributed by atoms with Crippen molar-refractivity contribution in [2.75, 3.05) is 51.8 Å². The maximum Gasteiger partial charge on any atom is 0.238 e. The van der Waals surface area contributed by atoms with Crippen LogP contribution >= 0.6 is 0 Å². The highest BCUT2D eigenvalue weighted by Crippen LogP contribution is 2.32. The quantitative estimate of drug-likeness (QED) is 0.825. The summed E-state index contributed by atoms with van der Waals surface area (Å²) in [5.74, 6) is 2.27. The van der Waals surface area contributed by atoms with Gasteiger partial charge in [-0.05, 0) is 64.0 Å². The standard InChI is InChI=1S/C19H29N3O3/c1-20-8-5-15-6-9-22(10-7-15)14-19(23)21-16-3-4-17-18(13-16)25-12-2-11-24-17/h3-4,13,15,20H,2,5-12,14H2,1H3,(H,21,23). The molecule has 0 saturated carbocycles. The monoisotopic (exact) mass is 347 g/mol. The molecule has 2 heterocycles. The zero-order valence-corrected chi connectivity index (χ0v) is 15.1. The summed E-state index contributed by atoms with van der Waals surface area (Å²) in [4.78, 5) is 14.6. The van der Waals surface area contributed by atoms with Gasteiger partial charge in [0.15, 0.2) is 11.5 Å². The van der Waals surface area contributed by atoms with Gasteiger partial charge in [-0.15, -0.1) is 0 Å². The van der Waals surface area contributed by atoms with Gasteiger partial charge in [0, 0.05) is 18.2 Å². The van der Waals surface area contributed by atoms with E-state index in [1.165, 1.54) is 19.3 Å². The number of rotatable bonds is 6. The second-order valence-electron chi connectivity index (χ2n) is 6.87. The fourth-order valence-electron chi connectivity index (χ4n) is 3.43. The number of hydrogen-bond donors (Lipinski definition) is 2. The van der Waals surface area contributed by atoms with Crippen LogP contribution in [0.15, 0.2) is 18.2 Å². The highest BCUT2D eigenvalue weighted by atomic mass is 16.5. The minimum absolute atomic E-state index is 0.0307. The maximum atomic E-state index is 12.3. The molecular weight excluding hydrogens is 318 g/mol. The lowest BCUT2D eigenvalue weighted by atomic mass is 9.93. The molecule has 2 aliphatic rings. The van der Waals surface area contributed by atoms with Crippen LogP contribution in [0, 0.1) is 5.92 Å². The van der Waals surface area contributed by atoms with Crippen LogP contribution in [-0.2, 0) is 4.79 Å². The first-order valence-electron chi connectivity index (χ1n) is 9.31. The van der Waals surface area contributed by atoms with Crippen molar-refractivity contribution < 1.29 is 14.3 Å². The summed E-state index contributed by atoms with van der Waals surface area (Å²) in [5, 5.41) is 6.19. The minimum atomic E-state index is 0.0307. The Hall–Kier alpha value is -1.79. The van der Waals surface area contributed by atoms with E-state index >= 15 is 0 Å². The van der Waals surface area contributed by atoms with Crippen LogP contribution in [0.3, 0.4) is 0 Å². The lowest BCUT2D eigenvalue weighted by Gasteiger charge is -2.31. The van der Waals surface area contributed by atoms with Crippen molar-refractivity contribution in [3.63, 3.8) is 0 Å². The Labute approximate surface area is 149 Å². The highest BCUT2D eigenvalue weighted by molar-refractivity contribution is 5.92. The molecule has 1 amide bonds. The van der Waals surface area contributed by atoms with E-state index in [4.69, 9.17) is 9.47 Å². The predicted molar refractivity (Wildman–Crippen MR) is 98.4 cm³/mol. The molecule has 138 valence electrons.